The van der Waals surface area contributed by atoms with Crippen LogP contribution in [0.3, 0.4) is 0 Å². The van der Waals surface area contributed by atoms with Gasteiger partial charge in [-0.3, -0.25) is 4.79 Å². The van der Waals surface area contributed by atoms with Crippen LogP contribution in [0.25, 0.3) is 0 Å². The molecule has 1 saturated carbocycles. The summed E-state index contributed by atoms with van der Waals surface area (Å²) in [5.74, 6) is 0.835. The van der Waals surface area contributed by atoms with Gasteiger partial charge in [0.15, 0.2) is 0 Å². The first-order valence-electron chi connectivity index (χ1n) is 11.0. The second-order valence-electron chi connectivity index (χ2n) is 9.30. The molecule has 2 fully saturated rings. The molecule has 5 rings (SSSR count). The molecule has 2 aromatic rings. The summed E-state index contributed by atoms with van der Waals surface area (Å²) in [5, 5.41) is 3.03. The topological polar surface area (TPSA) is 52.7 Å². The first-order chi connectivity index (χ1) is 14.5. The number of urea groups is 1. The van der Waals surface area contributed by atoms with Crippen molar-refractivity contribution in [1.29, 1.82) is 0 Å². The number of amides is 3. The van der Waals surface area contributed by atoms with Gasteiger partial charge < -0.3 is 15.1 Å². The third-order valence-corrected chi connectivity index (χ3v) is 7.06. The minimum absolute atomic E-state index is 0.0562. The van der Waals surface area contributed by atoms with Crippen LogP contribution in [0.4, 0.5) is 10.5 Å². The third kappa shape index (κ3) is 3.69. The normalized spacial score (nSPS) is 20.0. The summed E-state index contributed by atoms with van der Waals surface area (Å²) in [6.45, 7) is 5.13. The van der Waals surface area contributed by atoms with E-state index in [9.17, 15) is 9.59 Å². The third-order valence-electron chi connectivity index (χ3n) is 7.06. The van der Waals surface area contributed by atoms with Crippen molar-refractivity contribution < 1.29 is 9.59 Å². The van der Waals surface area contributed by atoms with Crippen molar-refractivity contribution in [2.24, 2.45) is 5.41 Å². The van der Waals surface area contributed by atoms with Gasteiger partial charge in [0.2, 0.25) is 5.91 Å². The maximum Gasteiger partial charge on any atom is 0.322 e. The van der Waals surface area contributed by atoms with Crippen molar-refractivity contribution in [2.45, 2.75) is 51.6 Å². The molecule has 5 heteroatoms. The monoisotopic (exact) mass is 403 g/mol. The molecular formula is C25H29N3O2. The van der Waals surface area contributed by atoms with E-state index in [0.29, 0.717) is 24.9 Å². The van der Waals surface area contributed by atoms with E-state index in [1.165, 1.54) is 16.7 Å². The zero-order valence-corrected chi connectivity index (χ0v) is 17.6. The van der Waals surface area contributed by atoms with Crippen LogP contribution < -0.4 is 5.32 Å². The molecule has 0 spiro atoms. The van der Waals surface area contributed by atoms with E-state index in [0.717, 1.165) is 44.5 Å². The number of piperidine rings is 1. The number of carbonyl (C=O) groups is 2. The van der Waals surface area contributed by atoms with Gasteiger partial charge in [-0.2, -0.15) is 0 Å². The Labute approximate surface area is 178 Å². The van der Waals surface area contributed by atoms with Gasteiger partial charge in [0, 0.05) is 37.3 Å². The molecule has 3 aliphatic rings. The van der Waals surface area contributed by atoms with Crippen molar-refractivity contribution in [3.63, 3.8) is 0 Å². The number of fused-ring (bicyclic) bond motifs is 1. The molecule has 2 aromatic carbocycles. The summed E-state index contributed by atoms with van der Waals surface area (Å²) in [6.07, 6.45) is 4.12. The predicted octanol–water partition coefficient (Wildman–Crippen LogP) is 4.74. The number of anilines is 1. The average molecular weight is 404 g/mol. The summed E-state index contributed by atoms with van der Waals surface area (Å²) in [4.78, 5) is 29.1. The van der Waals surface area contributed by atoms with E-state index < -0.39 is 0 Å². The Balaban J connectivity index is 1.15. The molecule has 2 heterocycles. The van der Waals surface area contributed by atoms with Crippen LogP contribution >= 0.6 is 0 Å². The molecule has 0 unspecified atom stereocenters. The van der Waals surface area contributed by atoms with Crippen molar-refractivity contribution in [1.82, 2.24) is 9.80 Å². The Morgan fingerprint density at radius 3 is 2.07 bits per heavy atom. The number of likely N-dealkylation sites (tertiary alicyclic amines) is 1. The molecule has 0 aromatic heterocycles. The fraction of sp³-hybridized carbons (Fsp3) is 0.440. The second-order valence-corrected chi connectivity index (χ2v) is 9.30. The maximum atomic E-state index is 12.6. The minimum atomic E-state index is -0.0661. The molecule has 3 amide bonds. The largest absolute Gasteiger partial charge is 0.342 e. The molecule has 2 aliphatic heterocycles. The van der Waals surface area contributed by atoms with E-state index in [2.05, 4.69) is 41.4 Å². The van der Waals surface area contributed by atoms with Gasteiger partial charge in [-0.1, -0.05) is 43.3 Å². The molecule has 156 valence electrons. The summed E-state index contributed by atoms with van der Waals surface area (Å²) >= 11 is 0. The number of benzene rings is 2. The van der Waals surface area contributed by atoms with Crippen LogP contribution in [0.5, 0.6) is 0 Å². The molecule has 1 aliphatic carbocycles. The Hall–Kier alpha value is -2.82. The highest BCUT2D eigenvalue weighted by molar-refractivity contribution is 5.89. The van der Waals surface area contributed by atoms with Gasteiger partial charge in [0.1, 0.15) is 0 Å². The fourth-order valence-corrected chi connectivity index (χ4v) is 4.72. The number of hydrogen-bond donors (Lipinski definition) is 1. The second kappa shape index (κ2) is 7.46. The van der Waals surface area contributed by atoms with Crippen LogP contribution in [0.15, 0.2) is 48.5 Å². The van der Waals surface area contributed by atoms with Gasteiger partial charge in [0.05, 0.1) is 0 Å². The summed E-state index contributed by atoms with van der Waals surface area (Å²) < 4.78 is 0. The Bertz CT molecular complexity index is 932. The molecule has 0 radical (unpaired) electrons. The van der Waals surface area contributed by atoms with Crippen LogP contribution in [-0.4, -0.2) is 34.8 Å². The first kappa shape index (κ1) is 19.2. The summed E-state index contributed by atoms with van der Waals surface area (Å²) in [6, 6.07) is 16.4. The van der Waals surface area contributed by atoms with Crippen LogP contribution in [-0.2, 0) is 17.9 Å². The Morgan fingerprint density at radius 1 is 0.900 bits per heavy atom. The number of carbonyl (C=O) groups excluding carboxylic acids is 2. The average Bonchev–Trinajstić information content (AvgIpc) is 3.37. The Kier molecular flexibility index (Phi) is 4.76. The van der Waals surface area contributed by atoms with Gasteiger partial charge in [-0.05, 0) is 60.4 Å². The highest BCUT2D eigenvalue weighted by atomic mass is 16.2. The molecule has 0 atom stereocenters. The molecule has 5 nitrogen and oxygen atoms in total. The van der Waals surface area contributed by atoms with Gasteiger partial charge >= 0.3 is 6.03 Å². The summed E-state index contributed by atoms with van der Waals surface area (Å²) in [5.41, 5.74) is 4.51. The van der Waals surface area contributed by atoms with Crippen molar-refractivity contribution in [2.75, 3.05) is 18.4 Å². The van der Waals surface area contributed by atoms with E-state index >= 15 is 0 Å². The predicted molar refractivity (Wildman–Crippen MR) is 117 cm³/mol. The van der Waals surface area contributed by atoms with Gasteiger partial charge in [-0.15, -0.1) is 0 Å². The lowest BCUT2D eigenvalue weighted by Gasteiger charge is -2.34. The van der Waals surface area contributed by atoms with Crippen LogP contribution in [0, 0.1) is 5.41 Å². The highest BCUT2D eigenvalue weighted by Gasteiger charge is 2.47. The lowest BCUT2D eigenvalue weighted by molar-refractivity contribution is -0.137. The lowest BCUT2D eigenvalue weighted by Crippen LogP contribution is -2.41. The first-order valence-corrected chi connectivity index (χ1v) is 11.0. The molecular weight excluding hydrogens is 374 g/mol. The highest BCUT2D eigenvalue weighted by Crippen LogP contribution is 2.47. The lowest BCUT2D eigenvalue weighted by atomic mass is 9.89. The fourth-order valence-electron chi connectivity index (χ4n) is 4.72. The molecule has 0 bridgehead atoms. The van der Waals surface area contributed by atoms with Crippen molar-refractivity contribution >= 4 is 17.6 Å². The molecule has 1 N–H and O–H groups in total. The van der Waals surface area contributed by atoms with E-state index in [1.807, 2.05) is 29.2 Å². The zero-order valence-electron chi connectivity index (χ0n) is 17.6. The molecule has 1 saturated heterocycles. The van der Waals surface area contributed by atoms with E-state index in [4.69, 9.17) is 0 Å². The zero-order chi connectivity index (χ0) is 20.7. The number of hydrogen-bond acceptors (Lipinski definition) is 2. The van der Waals surface area contributed by atoms with Gasteiger partial charge in [-0.25, -0.2) is 4.79 Å². The standard InChI is InChI=1S/C25H29N3O2/c1-25(12-13-25)23(29)27-14-10-19(11-15-27)18-6-8-22(9-7-18)26-24(30)28-16-20-4-2-3-5-21(20)17-28/h2-9,19H,10-17H2,1H3,(H,26,30). The number of nitrogens with one attached hydrogen (secondary N) is 1. The van der Waals surface area contributed by atoms with E-state index in [-0.39, 0.29) is 11.4 Å². The smallest absolute Gasteiger partial charge is 0.322 e. The van der Waals surface area contributed by atoms with E-state index in [1.54, 1.807) is 0 Å². The number of nitrogens with zero attached hydrogens (tertiary/aromatic N) is 2. The van der Waals surface area contributed by atoms with Crippen LogP contribution in [0.1, 0.15) is 55.2 Å². The summed E-state index contributed by atoms with van der Waals surface area (Å²) in [7, 11) is 0. The minimum Gasteiger partial charge on any atom is -0.342 e. The number of rotatable bonds is 3. The van der Waals surface area contributed by atoms with Crippen molar-refractivity contribution in [3.8, 4) is 0 Å². The van der Waals surface area contributed by atoms with Crippen LogP contribution in [0.2, 0.25) is 0 Å². The quantitative estimate of drug-likeness (QED) is 0.805. The SMILES string of the molecule is CC1(C(=O)N2CCC(c3ccc(NC(=O)N4Cc5ccccc5C4)cc3)CC2)CC1. The van der Waals surface area contributed by atoms with Crippen molar-refractivity contribution in [3.05, 3.63) is 65.2 Å². The van der Waals surface area contributed by atoms with Gasteiger partial charge in [0.25, 0.3) is 0 Å². The Morgan fingerprint density at radius 2 is 1.50 bits per heavy atom. The maximum absolute atomic E-state index is 12.6. The molecule has 30 heavy (non-hydrogen) atoms.